The molecule has 4 rings (SSSR count). The smallest absolute Gasteiger partial charge is 0.161 e. The van der Waals surface area contributed by atoms with Gasteiger partial charge >= 0.3 is 0 Å². The lowest BCUT2D eigenvalue weighted by Gasteiger charge is -2.11. The Bertz CT molecular complexity index is 1080. The normalized spacial score (nSPS) is 10.9. The topological polar surface area (TPSA) is 72.8 Å². The van der Waals surface area contributed by atoms with Crippen molar-refractivity contribution >= 4 is 33.2 Å². The summed E-state index contributed by atoms with van der Waals surface area (Å²) in [7, 11) is 0. The Labute approximate surface area is 155 Å². The van der Waals surface area contributed by atoms with E-state index in [1.807, 2.05) is 51.1 Å². The van der Waals surface area contributed by atoms with Crippen LogP contribution in [0.3, 0.4) is 0 Å². The molecule has 0 saturated heterocycles. The third-order valence-corrected chi connectivity index (χ3v) is 4.73. The maximum Gasteiger partial charge on any atom is 0.161 e. The van der Waals surface area contributed by atoms with Crippen LogP contribution >= 0.6 is 11.3 Å². The molecule has 3 heterocycles. The minimum atomic E-state index is 0.704. The van der Waals surface area contributed by atoms with Gasteiger partial charge in [-0.1, -0.05) is 11.3 Å². The van der Waals surface area contributed by atoms with Gasteiger partial charge < -0.3 is 10.1 Å². The lowest BCUT2D eigenvalue weighted by Crippen LogP contribution is -1.97. The molecule has 0 saturated carbocycles. The number of benzene rings is 1. The highest BCUT2D eigenvalue weighted by Gasteiger charge is 2.10. The molecule has 0 bridgehead atoms. The zero-order chi connectivity index (χ0) is 18.1. The maximum absolute atomic E-state index is 5.92. The molecule has 4 aromatic rings. The van der Waals surface area contributed by atoms with E-state index in [2.05, 4.69) is 25.3 Å². The van der Waals surface area contributed by atoms with Crippen molar-refractivity contribution < 1.29 is 4.74 Å². The minimum absolute atomic E-state index is 0.704. The molecule has 26 heavy (non-hydrogen) atoms. The van der Waals surface area contributed by atoms with E-state index >= 15 is 0 Å². The third-order valence-electron chi connectivity index (χ3n) is 3.85. The average molecular weight is 363 g/mol. The summed E-state index contributed by atoms with van der Waals surface area (Å²) >= 11 is 1.56. The van der Waals surface area contributed by atoms with Crippen molar-refractivity contribution in [3.05, 3.63) is 59.1 Å². The summed E-state index contributed by atoms with van der Waals surface area (Å²) in [6.45, 7) is 5.92. The highest BCUT2D eigenvalue weighted by molar-refractivity contribution is 7.18. The van der Waals surface area contributed by atoms with Crippen LogP contribution in [0.5, 0.6) is 11.5 Å². The van der Waals surface area contributed by atoms with Gasteiger partial charge in [-0.25, -0.2) is 15.0 Å². The summed E-state index contributed by atoms with van der Waals surface area (Å²) in [5, 5.41) is 4.29. The molecule has 0 radical (unpaired) electrons. The van der Waals surface area contributed by atoms with Crippen LogP contribution < -0.4 is 10.1 Å². The molecule has 1 N–H and O–H groups in total. The second-order valence-corrected chi connectivity index (χ2v) is 7.13. The Morgan fingerprint density at radius 1 is 1.00 bits per heavy atom. The quantitative estimate of drug-likeness (QED) is 0.553. The lowest BCUT2D eigenvalue weighted by atomic mass is 10.2. The maximum atomic E-state index is 5.92. The molecule has 7 heteroatoms. The predicted octanol–water partition coefficient (Wildman–Crippen LogP) is 4.94. The second kappa shape index (κ2) is 6.68. The van der Waals surface area contributed by atoms with Gasteiger partial charge in [-0.3, -0.25) is 4.98 Å². The number of aryl methyl sites for hydroxylation is 3. The first-order chi connectivity index (χ1) is 12.6. The number of nitrogens with zero attached hydrogens (tertiary/aromatic N) is 4. The Kier molecular flexibility index (Phi) is 4.22. The summed E-state index contributed by atoms with van der Waals surface area (Å²) in [6, 6.07) is 9.75. The number of hydrogen-bond acceptors (Lipinski definition) is 7. The Morgan fingerprint density at radius 3 is 2.65 bits per heavy atom. The summed E-state index contributed by atoms with van der Waals surface area (Å²) in [5.41, 5.74) is 3.68. The molecule has 0 aliphatic carbocycles. The van der Waals surface area contributed by atoms with E-state index in [1.165, 1.54) is 0 Å². The number of anilines is 2. The van der Waals surface area contributed by atoms with Crippen LogP contribution in [0.15, 0.2) is 42.9 Å². The van der Waals surface area contributed by atoms with Crippen molar-refractivity contribution in [2.45, 2.75) is 20.8 Å². The van der Waals surface area contributed by atoms with Crippen LogP contribution in [0.1, 0.15) is 16.3 Å². The molecule has 0 aliphatic heterocycles. The fourth-order valence-electron chi connectivity index (χ4n) is 2.57. The number of aromatic nitrogens is 4. The molecule has 0 aliphatic rings. The van der Waals surface area contributed by atoms with Crippen LogP contribution in [0.25, 0.3) is 10.3 Å². The fraction of sp³-hybridized carbons (Fsp3) is 0.158. The van der Waals surface area contributed by atoms with Crippen molar-refractivity contribution in [3.8, 4) is 11.5 Å². The summed E-state index contributed by atoms with van der Waals surface area (Å²) in [6.07, 6.45) is 3.28. The largest absolute Gasteiger partial charge is 0.455 e. The van der Waals surface area contributed by atoms with Crippen LogP contribution in [0, 0.1) is 20.8 Å². The van der Waals surface area contributed by atoms with Gasteiger partial charge in [0.1, 0.15) is 28.2 Å². The van der Waals surface area contributed by atoms with Crippen molar-refractivity contribution in [1.82, 2.24) is 19.9 Å². The van der Waals surface area contributed by atoms with E-state index in [0.717, 1.165) is 43.8 Å². The molecule has 130 valence electrons. The van der Waals surface area contributed by atoms with Gasteiger partial charge in [0.05, 0.1) is 11.2 Å². The summed E-state index contributed by atoms with van der Waals surface area (Å²) in [5.74, 6) is 2.21. The highest BCUT2D eigenvalue weighted by Crippen LogP contribution is 2.30. The summed E-state index contributed by atoms with van der Waals surface area (Å²) < 4.78 is 5.92. The zero-order valence-electron chi connectivity index (χ0n) is 14.6. The van der Waals surface area contributed by atoms with Gasteiger partial charge in [0.15, 0.2) is 5.82 Å². The van der Waals surface area contributed by atoms with E-state index in [9.17, 15) is 0 Å². The molecule has 0 atom stereocenters. The van der Waals surface area contributed by atoms with E-state index in [-0.39, 0.29) is 0 Å². The van der Waals surface area contributed by atoms with E-state index in [4.69, 9.17) is 4.74 Å². The monoisotopic (exact) mass is 363 g/mol. The Morgan fingerprint density at radius 2 is 1.88 bits per heavy atom. The molecule has 0 unspecified atom stereocenters. The number of ether oxygens (including phenoxy) is 1. The molecule has 3 aromatic heterocycles. The van der Waals surface area contributed by atoms with Gasteiger partial charge in [0.25, 0.3) is 0 Å². The number of hydrogen-bond donors (Lipinski definition) is 1. The number of nitrogens with one attached hydrogen (secondary N) is 1. The molecule has 6 nitrogen and oxygen atoms in total. The van der Waals surface area contributed by atoms with E-state index < -0.39 is 0 Å². The predicted molar refractivity (Wildman–Crippen MR) is 103 cm³/mol. The average Bonchev–Trinajstić information content (AvgIpc) is 3.00. The van der Waals surface area contributed by atoms with Gasteiger partial charge in [-0.05, 0) is 56.7 Å². The molecular formula is C19H17N5OS. The lowest BCUT2D eigenvalue weighted by molar-refractivity contribution is 0.476. The van der Waals surface area contributed by atoms with Crippen molar-refractivity contribution in [2.24, 2.45) is 0 Å². The molecule has 0 fully saturated rings. The van der Waals surface area contributed by atoms with Crippen molar-refractivity contribution in [3.63, 3.8) is 0 Å². The molecule has 1 aromatic carbocycles. The van der Waals surface area contributed by atoms with E-state index in [0.29, 0.717) is 5.82 Å². The van der Waals surface area contributed by atoms with Crippen molar-refractivity contribution in [1.29, 1.82) is 0 Å². The zero-order valence-corrected chi connectivity index (χ0v) is 15.5. The summed E-state index contributed by atoms with van der Waals surface area (Å²) in [4.78, 5) is 18.2. The van der Waals surface area contributed by atoms with Gasteiger partial charge in [-0.15, -0.1) is 0 Å². The standard InChI is InChI=1S/C19H17N5OS/c1-11-8-14(5-7-16(11)25-15-6-4-12(2)20-9-15)24-18-17-19(22-10-21-18)26-13(3)23-17/h4-10H,1-3H3,(H,21,22,24). The number of thiazole rings is 1. The van der Waals surface area contributed by atoms with Crippen molar-refractivity contribution in [2.75, 3.05) is 5.32 Å². The fourth-order valence-corrected chi connectivity index (χ4v) is 3.33. The Balaban J connectivity index is 1.58. The Hall–Kier alpha value is -3.06. The van der Waals surface area contributed by atoms with Crippen LogP contribution in [0.4, 0.5) is 11.5 Å². The first-order valence-electron chi connectivity index (χ1n) is 8.15. The first-order valence-corrected chi connectivity index (χ1v) is 8.96. The molecule has 0 spiro atoms. The van der Waals surface area contributed by atoms with Crippen LogP contribution in [-0.2, 0) is 0 Å². The molecule has 0 amide bonds. The number of rotatable bonds is 4. The number of pyridine rings is 1. The van der Waals surface area contributed by atoms with Crippen LogP contribution in [-0.4, -0.2) is 19.9 Å². The van der Waals surface area contributed by atoms with E-state index in [1.54, 1.807) is 23.9 Å². The first kappa shape index (κ1) is 16.4. The van der Waals surface area contributed by atoms with Crippen LogP contribution in [0.2, 0.25) is 0 Å². The van der Waals surface area contributed by atoms with Gasteiger partial charge in [0, 0.05) is 11.4 Å². The number of fused-ring (bicyclic) bond motifs is 1. The second-order valence-electron chi connectivity index (χ2n) is 5.95. The highest BCUT2D eigenvalue weighted by atomic mass is 32.1. The minimum Gasteiger partial charge on any atom is -0.455 e. The third kappa shape index (κ3) is 3.34. The van der Waals surface area contributed by atoms with Gasteiger partial charge in [0.2, 0.25) is 0 Å². The van der Waals surface area contributed by atoms with Gasteiger partial charge in [-0.2, -0.15) is 0 Å². The molecular weight excluding hydrogens is 346 g/mol. The SMILES string of the molecule is Cc1ccc(Oc2ccc(Nc3ncnc4sc(C)nc34)cc2C)cn1.